The van der Waals surface area contributed by atoms with E-state index in [0.717, 1.165) is 16.9 Å². The summed E-state index contributed by atoms with van der Waals surface area (Å²) < 4.78 is 23.0. The molecule has 1 spiro atoms. The van der Waals surface area contributed by atoms with Gasteiger partial charge >= 0.3 is 5.97 Å². The molecule has 0 radical (unpaired) electrons. The molecule has 0 fully saturated rings. The highest BCUT2D eigenvalue weighted by molar-refractivity contribution is 6.41. The molecule has 0 saturated carbocycles. The van der Waals surface area contributed by atoms with Gasteiger partial charge in [-0.2, -0.15) is 0 Å². The molecule has 2 aliphatic rings. The van der Waals surface area contributed by atoms with Crippen molar-refractivity contribution >= 4 is 58.2 Å². The molecule has 4 aromatic rings. The Morgan fingerprint density at radius 2 is 1.20 bits per heavy atom. The van der Waals surface area contributed by atoms with Crippen LogP contribution in [0.5, 0.6) is 23.0 Å². The average Bonchev–Trinajstić information content (AvgIpc) is 3.53. The first-order chi connectivity index (χ1) is 20.9. The van der Waals surface area contributed by atoms with Crippen LogP contribution in [0.2, 0.25) is 20.1 Å². The molecule has 0 saturated heterocycles. The van der Waals surface area contributed by atoms with Crippen LogP contribution in [0.4, 0.5) is 0 Å². The normalized spacial score (nSPS) is 16.6. The molecule has 10 heteroatoms. The minimum Gasteiger partial charge on any atom is -0.497 e. The van der Waals surface area contributed by atoms with Crippen molar-refractivity contribution in [3.8, 4) is 23.0 Å². The molecular weight excluding hydrogens is 646 g/mol. The van der Waals surface area contributed by atoms with Gasteiger partial charge in [0.05, 0.1) is 43.7 Å². The van der Waals surface area contributed by atoms with E-state index in [9.17, 15) is 9.59 Å². The van der Waals surface area contributed by atoms with E-state index >= 15 is 0 Å². The summed E-state index contributed by atoms with van der Waals surface area (Å²) in [5.41, 5.74) is 1.96. The number of Topliss-reactive ketones (excluding diaryl/α,β-unsaturated/α-hetero) is 1. The lowest BCUT2D eigenvalue weighted by Crippen LogP contribution is -2.32. The van der Waals surface area contributed by atoms with Crippen LogP contribution in [-0.2, 0) is 10.8 Å². The summed E-state index contributed by atoms with van der Waals surface area (Å²) >= 11 is 26.6. The average molecular weight is 672 g/mol. The molecule has 0 N–H and O–H groups in total. The number of ketones is 1. The highest BCUT2D eigenvalue weighted by atomic mass is 35.5. The monoisotopic (exact) mass is 670 g/mol. The number of carbonyl (C=O) groups is 2. The largest absolute Gasteiger partial charge is 0.497 e. The number of carbonyl (C=O) groups excluding carboxylic acids is 2. The maximum absolute atomic E-state index is 13.6. The van der Waals surface area contributed by atoms with Crippen molar-refractivity contribution in [1.29, 1.82) is 0 Å². The quantitative estimate of drug-likeness (QED) is 0.116. The zero-order valence-electron chi connectivity index (χ0n) is 24.1. The number of fused-ring (bicyclic) bond motifs is 4. The van der Waals surface area contributed by atoms with E-state index in [4.69, 9.17) is 65.4 Å². The van der Waals surface area contributed by atoms with Crippen LogP contribution in [0.3, 0.4) is 0 Å². The van der Waals surface area contributed by atoms with Crippen LogP contribution in [-0.4, -0.2) is 32.1 Å². The molecule has 4 aromatic carbocycles. The summed E-state index contributed by atoms with van der Waals surface area (Å²) in [6.45, 7) is 5.82. The Hall–Kier alpha value is -3.42. The van der Waals surface area contributed by atoms with Gasteiger partial charge in [-0.1, -0.05) is 84.5 Å². The molecule has 1 atom stereocenters. The van der Waals surface area contributed by atoms with Crippen LogP contribution in [0.1, 0.15) is 63.7 Å². The standard InChI is InChI=1S/C34H26Cl4O6/c1-17(39)26-22(35)13-24-28(30(26)37)34(15-42-24)16-43-25-14-23(36)27(31(38)29(25)34)32(40)44-21-11-7-19(8-12-21)33(2,3)18-5-9-20(41-4)10-6-18/h5-14H,15-16H2,1-4H3. The number of halogens is 4. The van der Waals surface area contributed by atoms with Gasteiger partial charge in [0.2, 0.25) is 0 Å². The summed E-state index contributed by atoms with van der Waals surface area (Å²) in [4.78, 5) is 25.9. The van der Waals surface area contributed by atoms with Crippen LogP contribution in [0.15, 0.2) is 60.7 Å². The van der Waals surface area contributed by atoms with Crippen LogP contribution in [0.25, 0.3) is 0 Å². The third-order valence-corrected chi connectivity index (χ3v) is 9.78. The van der Waals surface area contributed by atoms with Crippen LogP contribution >= 0.6 is 46.4 Å². The molecule has 2 aliphatic heterocycles. The van der Waals surface area contributed by atoms with E-state index in [1.54, 1.807) is 25.3 Å². The van der Waals surface area contributed by atoms with E-state index in [0.29, 0.717) is 28.4 Å². The highest BCUT2D eigenvalue weighted by Crippen LogP contribution is 2.57. The highest BCUT2D eigenvalue weighted by Gasteiger charge is 2.53. The lowest BCUT2D eigenvalue weighted by Gasteiger charge is -2.26. The SMILES string of the molecule is COc1ccc(C(C)(C)c2ccc(OC(=O)c3c(Cl)cc4c(c3Cl)C3(COc5cc(Cl)c(C(C)=O)c(Cl)c53)CO4)cc2)cc1. The Morgan fingerprint density at radius 1 is 0.750 bits per heavy atom. The summed E-state index contributed by atoms with van der Waals surface area (Å²) in [6.07, 6.45) is 0. The van der Waals surface area contributed by atoms with E-state index in [-0.39, 0.29) is 55.6 Å². The molecule has 0 aliphatic carbocycles. The van der Waals surface area contributed by atoms with Crippen molar-refractivity contribution in [2.24, 2.45) is 0 Å². The van der Waals surface area contributed by atoms with Gasteiger partial charge in [-0.05, 0) is 48.4 Å². The molecule has 0 bridgehead atoms. The minimum absolute atomic E-state index is 0.0232. The van der Waals surface area contributed by atoms with Crippen molar-refractivity contribution in [3.63, 3.8) is 0 Å². The Bertz CT molecular complexity index is 1830. The Balaban J connectivity index is 1.33. The van der Waals surface area contributed by atoms with Crippen LogP contribution in [0, 0.1) is 0 Å². The van der Waals surface area contributed by atoms with Gasteiger partial charge in [-0.15, -0.1) is 0 Å². The second-order valence-corrected chi connectivity index (χ2v) is 12.9. The Morgan fingerprint density at radius 3 is 1.68 bits per heavy atom. The fraction of sp³-hybridized carbons (Fsp3) is 0.235. The predicted molar refractivity (Wildman–Crippen MR) is 171 cm³/mol. The first-order valence-electron chi connectivity index (χ1n) is 13.7. The number of methoxy groups -OCH3 is 1. The summed E-state index contributed by atoms with van der Waals surface area (Å²) in [7, 11) is 1.63. The minimum atomic E-state index is -0.998. The second kappa shape index (κ2) is 11.2. The van der Waals surface area contributed by atoms with Crippen molar-refractivity contribution in [3.05, 3.63) is 114 Å². The first kappa shape index (κ1) is 30.6. The van der Waals surface area contributed by atoms with Gasteiger partial charge < -0.3 is 18.9 Å². The molecule has 226 valence electrons. The van der Waals surface area contributed by atoms with Crippen molar-refractivity contribution < 1.29 is 28.5 Å². The molecule has 1 unspecified atom stereocenters. The summed E-state index contributed by atoms with van der Waals surface area (Å²) in [5.74, 6) is 0.863. The number of ether oxygens (including phenoxy) is 4. The summed E-state index contributed by atoms with van der Waals surface area (Å²) in [5, 5.41) is 0.460. The Labute approximate surface area is 274 Å². The third kappa shape index (κ3) is 4.80. The number of hydrogen-bond donors (Lipinski definition) is 0. The molecular formula is C34H26Cl4O6. The van der Waals surface area contributed by atoms with Crippen molar-refractivity contribution in [1.82, 2.24) is 0 Å². The number of esters is 1. The van der Waals surface area contributed by atoms with Gasteiger partial charge in [0.1, 0.15) is 36.2 Å². The maximum Gasteiger partial charge on any atom is 0.346 e. The lowest BCUT2D eigenvalue weighted by atomic mass is 9.76. The molecule has 44 heavy (non-hydrogen) atoms. The topological polar surface area (TPSA) is 71.1 Å². The van der Waals surface area contributed by atoms with Gasteiger partial charge in [-0.25, -0.2) is 4.79 Å². The van der Waals surface area contributed by atoms with E-state index in [1.807, 2.05) is 36.4 Å². The second-order valence-electron chi connectivity index (χ2n) is 11.3. The lowest BCUT2D eigenvalue weighted by molar-refractivity contribution is 0.0734. The number of hydrogen-bond acceptors (Lipinski definition) is 6. The van der Waals surface area contributed by atoms with E-state index < -0.39 is 11.4 Å². The molecule has 2 heterocycles. The zero-order chi connectivity index (χ0) is 31.6. The number of rotatable bonds is 6. The molecule has 6 nitrogen and oxygen atoms in total. The van der Waals surface area contributed by atoms with E-state index in [2.05, 4.69) is 13.8 Å². The molecule has 0 aromatic heterocycles. The fourth-order valence-electron chi connectivity index (χ4n) is 5.95. The summed E-state index contributed by atoms with van der Waals surface area (Å²) in [6, 6.07) is 18.3. The van der Waals surface area contributed by atoms with Gasteiger partial charge in [0.25, 0.3) is 0 Å². The Kier molecular flexibility index (Phi) is 7.78. The van der Waals surface area contributed by atoms with Crippen molar-refractivity contribution in [2.45, 2.75) is 31.6 Å². The first-order valence-corrected chi connectivity index (χ1v) is 15.2. The van der Waals surface area contributed by atoms with Crippen LogP contribution < -0.4 is 18.9 Å². The molecule has 0 amide bonds. The molecule has 6 rings (SSSR count). The van der Waals surface area contributed by atoms with Gasteiger partial charge in [0.15, 0.2) is 5.78 Å². The van der Waals surface area contributed by atoms with Crippen molar-refractivity contribution in [2.75, 3.05) is 20.3 Å². The zero-order valence-corrected chi connectivity index (χ0v) is 27.2. The number of benzene rings is 4. The fourth-order valence-corrected chi connectivity index (χ4v) is 7.61. The van der Waals surface area contributed by atoms with Gasteiger partial charge in [-0.3, -0.25) is 4.79 Å². The smallest absolute Gasteiger partial charge is 0.346 e. The third-order valence-electron chi connectivity index (χ3n) is 8.42. The van der Waals surface area contributed by atoms with Gasteiger partial charge in [0, 0.05) is 22.6 Å². The predicted octanol–water partition coefficient (Wildman–Crippen LogP) is 9.13. The maximum atomic E-state index is 13.6. The van der Waals surface area contributed by atoms with E-state index in [1.165, 1.54) is 13.0 Å².